The number of hydrogen-bond donors (Lipinski definition) is 0. The molecule has 0 saturated carbocycles. The van der Waals surface area contributed by atoms with Gasteiger partial charge in [0.05, 0.1) is 31.0 Å². The smallest absolute Gasteiger partial charge is 0.142 e. The third-order valence-corrected chi connectivity index (χ3v) is 5.50. The predicted molar refractivity (Wildman–Crippen MR) is 94.9 cm³/mol. The summed E-state index contributed by atoms with van der Waals surface area (Å²) >= 11 is 3.43. The fourth-order valence-electron chi connectivity index (χ4n) is 3.49. The van der Waals surface area contributed by atoms with Crippen LogP contribution in [0, 0.1) is 5.92 Å². The number of pyridine rings is 2. The van der Waals surface area contributed by atoms with Crippen LogP contribution in [0.4, 0.5) is 0 Å². The standard InChI is InChI=1S/C18H20BrN3O2/c19-14-5-13-6-15(20-9-17(13)21-8-14)7-18(23)12-1-3-22(4-2-12)16-10-24-11-16/h5-6,8-9,12,16H,1-4,7,10-11H2. The number of carbonyl (C=O) groups excluding carboxylic acids is 1. The van der Waals surface area contributed by atoms with E-state index in [1.165, 1.54) is 0 Å². The maximum atomic E-state index is 12.6. The van der Waals surface area contributed by atoms with Gasteiger partial charge >= 0.3 is 0 Å². The first-order chi connectivity index (χ1) is 11.7. The summed E-state index contributed by atoms with van der Waals surface area (Å²) < 4.78 is 6.20. The number of ketones is 1. The lowest BCUT2D eigenvalue weighted by atomic mass is 9.89. The number of hydrogen-bond acceptors (Lipinski definition) is 5. The number of halogens is 1. The van der Waals surface area contributed by atoms with Crippen molar-refractivity contribution in [2.24, 2.45) is 5.92 Å². The topological polar surface area (TPSA) is 55.3 Å². The van der Waals surface area contributed by atoms with Crippen molar-refractivity contribution in [1.29, 1.82) is 0 Å². The van der Waals surface area contributed by atoms with Crippen LogP contribution < -0.4 is 0 Å². The predicted octanol–water partition coefficient (Wildman–Crippen LogP) is 2.61. The Morgan fingerprint density at radius 1 is 1.21 bits per heavy atom. The molecule has 4 heterocycles. The van der Waals surface area contributed by atoms with E-state index in [1.807, 2.05) is 12.1 Å². The van der Waals surface area contributed by atoms with Crippen molar-refractivity contribution in [2.75, 3.05) is 26.3 Å². The highest BCUT2D eigenvalue weighted by Gasteiger charge is 2.31. The summed E-state index contributed by atoms with van der Waals surface area (Å²) in [4.78, 5) is 23.8. The molecular weight excluding hydrogens is 370 g/mol. The Morgan fingerprint density at radius 2 is 2.00 bits per heavy atom. The minimum absolute atomic E-state index is 0.167. The van der Waals surface area contributed by atoms with Gasteiger partial charge in [-0.1, -0.05) is 0 Å². The van der Waals surface area contributed by atoms with Crippen LogP contribution in [0.1, 0.15) is 18.5 Å². The molecule has 0 atom stereocenters. The van der Waals surface area contributed by atoms with E-state index in [0.29, 0.717) is 18.2 Å². The van der Waals surface area contributed by atoms with Crippen molar-refractivity contribution in [3.63, 3.8) is 0 Å². The quantitative estimate of drug-likeness (QED) is 0.804. The van der Waals surface area contributed by atoms with E-state index in [-0.39, 0.29) is 5.92 Å². The molecule has 4 rings (SSSR count). The monoisotopic (exact) mass is 389 g/mol. The highest BCUT2D eigenvalue weighted by atomic mass is 79.9. The molecule has 2 aliphatic rings. The minimum atomic E-state index is 0.167. The zero-order chi connectivity index (χ0) is 16.5. The average molecular weight is 390 g/mol. The van der Waals surface area contributed by atoms with Gasteiger partial charge < -0.3 is 4.74 Å². The van der Waals surface area contributed by atoms with Crippen LogP contribution in [0.2, 0.25) is 0 Å². The van der Waals surface area contributed by atoms with E-state index in [4.69, 9.17) is 4.74 Å². The second kappa shape index (κ2) is 6.86. The van der Waals surface area contributed by atoms with Crippen LogP contribution in [0.25, 0.3) is 10.9 Å². The summed E-state index contributed by atoms with van der Waals surface area (Å²) in [6, 6.07) is 4.57. The van der Waals surface area contributed by atoms with Gasteiger partial charge in [-0.25, -0.2) is 0 Å². The number of ether oxygens (including phenoxy) is 1. The fourth-order valence-corrected chi connectivity index (χ4v) is 3.84. The van der Waals surface area contributed by atoms with Gasteiger partial charge in [0.25, 0.3) is 0 Å². The second-order valence-electron chi connectivity index (χ2n) is 6.67. The van der Waals surface area contributed by atoms with E-state index in [9.17, 15) is 4.79 Å². The largest absolute Gasteiger partial charge is 0.378 e. The molecule has 0 unspecified atom stereocenters. The Hall–Kier alpha value is -1.37. The molecule has 0 aromatic carbocycles. The van der Waals surface area contributed by atoms with Gasteiger partial charge in [0.2, 0.25) is 0 Å². The van der Waals surface area contributed by atoms with Crippen molar-refractivity contribution in [3.05, 3.63) is 34.7 Å². The first-order valence-corrected chi connectivity index (χ1v) is 9.23. The number of rotatable bonds is 4. The average Bonchev–Trinajstić information content (AvgIpc) is 2.53. The van der Waals surface area contributed by atoms with Gasteiger partial charge in [-0.3, -0.25) is 19.7 Å². The second-order valence-corrected chi connectivity index (χ2v) is 7.58. The summed E-state index contributed by atoms with van der Waals surface area (Å²) in [7, 11) is 0. The summed E-state index contributed by atoms with van der Waals surface area (Å²) in [5.74, 6) is 0.481. The molecule has 0 N–H and O–H groups in total. The number of nitrogens with zero attached hydrogens (tertiary/aromatic N) is 3. The number of fused-ring (bicyclic) bond motifs is 1. The van der Waals surface area contributed by atoms with Gasteiger partial charge in [-0.05, 0) is 54.0 Å². The molecule has 6 heteroatoms. The molecular formula is C18H20BrN3O2. The Kier molecular flexibility index (Phi) is 4.61. The van der Waals surface area contributed by atoms with Crippen molar-refractivity contribution in [2.45, 2.75) is 25.3 Å². The van der Waals surface area contributed by atoms with E-state index < -0.39 is 0 Å². The Balaban J connectivity index is 1.39. The lowest BCUT2D eigenvalue weighted by Crippen LogP contribution is -2.52. The van der Waals surface area contributed by atoms with Crippen LogP contribution >= 0.6 is 15.9 Å². The molecule has 2 aliphatic heterocycles. The van der Waals surface area contributed by atoms with Gasteiger partial charge in [-0.15, -0.1) is 0 Å². The molecule has 126 valence electrons. The number of likely N-dealkylation sites (tertiary alicyclic amines) is 1. The Labute approximate surface area is 149 Å². The van der Waals surface area contributed by atoms with Gasteiger partial charge in [0.1, 0.15) is 5.78 Å². The highest BCUT2D eigenvalue weighted by molar-refractivity contribution is 9.10. The van der Waals surface area contributed by atoms with E-state index in [0.717, 1.165) is 60.2 Å². The molecule has 24 heavy (non-hydrogen) atoms. The summed E-state index contributed by atoms with van der Waals surface area (Å²) in [5.41, 5.74) is 1.69. The maximum absolute atomic E-state index is 12.6. The van der Waals surface area contributed by atoms with Crippen molar-refractivity contribution < 1.29 is 9.53 Å². The third-order valence-electron chi connectivity index (χ3n) is 5.07. The molecule has 2 fully saturated rings. The minimum Gasteiger partial charge on any atom is -0.378 e. The van der Waals surface area contributed by atoms with Crippen LogP contribution in [0.5, 0.6) is 0 Å². The third kappa shape index (κ3) is 3.36. The highest BCUT2D eigenvalue weighted by Crippen LogP contribution is 2.24. The molecule has 0 bridgehead atoms. The number of aromatic nitrogens is 2. The molecule has 0 amide bonds. The van der Waals surface area contributed by atoms with Crippen LogP contribution in [0.3, 0.4) is 0 Å². The normalized spacial score (nSPS) is 20.2. The summed E-state index contributed by atoms with van der Waals surface area (Å²) in [5, 5.41) is 1.02. The Bertz CT molecular complexity index is 755. The van der Waals surface area contributed by atoms with Crippen molar-refractivity contribution in [1.82, 2.24) is 14.9 Å². The summed E-state index contributed by atoms with van der Waals surface area (Å²) in [6.45, 7) is 3.71. The van der Waals surface area contributed by atoms with Crippen LogP contribution in [0.15, 0.2) is 29.0 Å². The van der Waals surface area contributed by atoms with Crippen molar-refractivity contribution >= 4 is 32.6 Å². The molecule has 0 aliphatic carbocycles. The number of Topliss-reactive ketones (excluding diaryl/α,β-unsaturated/α-hetero) is 1. The zero-order valence-electron chi connectivity index (χ0n) is 13.4. The lowest BCUT2D eigenvalue weighted by Gasteiger charge is -2.41. The fraction of sp³-hybridized carbons (Fsp3) is 0.500. The molecule has 5 nitrogen and oxygen atoms in total. The van der Waals surface area contributed by atoms with E-state index >= 15 is 0 Å². The number of piperidine rings is 1. The maximum Gasteiger partial charge on any atom is 0.142 e. The van der Waals surface area contributed by atoms with Gasteiger partial charge in [0.15, 0.2) is 0 Å². The molecule has 0 spiro atoms. The molecule has 2 saturated heterocycles. The van der Waals surface area contributed by atoms with Crippen LogP contribution in [-0.2, 0) is 16.0 Å². The molecule has 0 radical (unpaired) electrons. The van der Waals surface area contributed by atoms with Crippen molar-refractivity contribution in [3.8, 4) is 0 Å². The first kappa shape index (κ1) is 16.1. The SMILES string of the molecule is O=C(Cc1cc2cc(Br)cnc2cn1)C1CCN(C2COC2)CC1. The van der Waals surface area contributed by atoms with E-state index in [1.54, 1.807) is 12.4 Å². The van der Waals surface area contributed by atoms with Crippen LogP contribution in [-0.4, -0.2) is 53.0 Å². The van der Waals surface area contributed by atoms with E-state index in [2.05, 4.69) is 30.8 Å². The first-order valence-electron chi connectivity index (χ1n) is 8.44. The summed E-state index contributed by atoms with van der Waals surface area (Å²) in [6.07, 6.45) is 5.84. The van der Waals surface area contributed by atoms with Gasteiger partial charge in [0, 0.05) is 34.1 Å². The molecule has 2 aromatic heterocycles. The zero-order valence-corrected chi connectivity index (χ0v) is 15.0. The Morgan fingerprint density at radius 3 is 2.71 bits per heavy atom. The van der Waals surface area contributed by atoms with Gasteiger partial charge in [-0.2, -0.15) is 0 Å². The number of carbonyl (C=O) groups is 1. The molecule has 2 aromatic rings. The lowest BCUT2D eigenvalue weighted by molar-refractivity contribution is -0.125.